The number of benzene rings is 1. The summed E-state index contributed by atoms with van der Waals surface area (Å²) in [5.74, 6) is 0.103. The summed E-state index contributed by atoms with van der Waals surface area (Å²) < 4.78 is 48.9. The Balaban J connectivity index is 1.63. The second-order valence-corrected chi connectivity index (χ2v) is 8.43. The number of carbonyl (C=O) groups excluding carboxylic acids is 1. The van der Waals surface area contributed by atoms with E-state index >= 15 is 0 Å². The number of amides is 2. The van der Waals surface area contributed by atoms with Gasteiger partial charge in [0, 0.05) is 31.9 Å². The largest absolute Gasteiger partial charge is 0.323 e. The van der Waals surface area contributed by atoms with Crippen molar-refractivity contribution in [3.8, 4) is 0 Å². The number of hydrogen-bond donors (Lipinski definition) is 1. The van der Waals surface area contributed by atoms with Gasteiger partial charge < -0.3 is 10.2 Å². The van der Waals surface area contributed by atoms with Crippen molar-refractivity contribution in [3.63, 3.8) is 0 Å². The van der Waals surface area contributed by atoms with Crippen LogP contribution in [0.1, 0.15) is 12.0 Å². The summed E-state index contributed by atoms with van der Waals surface area (Å²) in [7, 11) is -3.26. The van der Waals surface area contributed by atoms with Crippen molar-refractivity contribution >= 4 is 21.6 Å². The molecule has 0 atom stereocenters. The average Bonchev–Trinajstić information content (AvgIpc) is 2.72. The molecule has 2 aliphatic rings. The van der Waals surface area contributed by atoms with E-state index in [0.717, 1.165) is 5.56 Å². The molecule has 3 rings (SSSR count). The van der Waals surface area contributed by atoms with E-state index in [2.05, 4.69) is 5.32 Å². The molecular formula is C16H21F2N3O3S. The lowest BCUT2D eigenvalue weighted by Gasteiger charge is -2.22. The molecule has 1 aromatic rings. The Bertz CT molecular complexity index is 755. The molecular weight excluding hydrogens is 352 g/mol. The van der Waals surface area contributed by atoms with Gasteiger partial charge in [-0.1, -0.05) is 6.07 Å². The maximum absolute atomic E-state index is 12.5. The lowest BCUT2D eigenvalue weighted by Crippen LogP contribution is -2.38. The van der Waals surface area contributed by atoms with Gasteiger partial charge in [-0.15, -0.1) is 0 Å². The van der Waals surface area contributed by atoms with E-state index in [-0.39, 0.29) is 23.2 Å². The molecule has 1 N–H and O–H groups in total. The molecule has 2 amide bonds. The number of fused-ring (bicyclic) bond motifs is 1. The van der Waals surface area contributed by atoms with Gasteiger partial charge in [0.05, 0.1) is 17.2 Å². The molecule has 0 bridgehead atoms. The van der Waals surface area contributed by atoms with E-state index in [9.17, 15) is 22.0 Å². The number of anilines is 1. The van der Waals surface area contributed by atoms with Crippen molar-refractivity contribution < 1.29 is 22.0 Å². The fourth-order valence-corrected chi connectivity index (χ4v) is 4.82. The second kappa shape index (κ2) is 7.25. The summed E-state index contributed by atoms with van der Waals surface area (Å²) in [6.07, 6.45) is -1.26. The Morgan fingerprint density at radius 1 is 1.20 bits per heavy atom. The maximum Gasteiger partial charge on any atom is 0.321 e. The van der Waals surface area contributed by atoms with Gasteiger partial charge in [-0.05, 0) is 30.5 Å². The van der Waals surface area contributed by atoms with Crippen LogP contribution in [-0.2, 0) is 16.3 Å². The lowest BCUT2D eigenvalue weighted by atomic mass is 10.1. The van der Waals surface area contributed by atoms with Crippen molar-refractivity contribution in [2.24, 2.45) is 0 Å². The molecule has 0 aliphatic carbocycles. The zero-order valence-corrected chi connectivity index (χ0v) is 14.6. The molecule has 9 heteroatoms. The molecule has 0 unspecified atom stereocenters. The zero-order valence-electron chi connectivity index (χ0n) is 13.7. The monoisotopic (exact) mass is 373 g/mol. The summed E-state index contributed by atoms with van der Waals surface area (Å²) in [5, 5.41) is 2.72. The average molecular weight is 373 g/mol. The van der Waals surface area contributed by atoms with Crippen LogP contribution in [0.4, 0.5) is 19.3 Å². The second-order valence-electron chi connectivity index (χ2n) is 6.35. The molecule has 1 fully saturated rings. The van der Waals surface area contributed by atoms with Crippen LogP contribution in [0.5, 0.6) is 0 Å². The molecule has 0 aromatic heterocycles. The van der Waals surface area contributed by atoms with Crippen LogP contribution in [0.2, 0.25) is 0 Å². The third kappa shape index (κ3) is 4.27. The zero-order chi connectivity index (χ0) is 18.0. The van der Waals surface area contributed by atoms with E-state index in [1.54, 1.807) is 21.9 Å². The minimum atomic E-state index is -3.26. The molecule has 2 aliphatic heterocycles. The Labute approximate surface area is 145 Å². The van der Waals surface area contributed by atoms with Gasteiger partial charge in [-0.2, -0.15) is 0 Å². The van der Waals surface area contributed by atoms with Crippen molar-refractivity contribution in [1.29, 1.82) is 0 Å². The minimum Gasteiger partial charge on any atom is -0.323 e. The smallest absolute Gasteiger partial charge is 0.321 e. The highest BCUT2D eigenvalue weighted by Crippen LogP contribution is 2.28. The minimum absolute atomic E-state index is 0.103. The van der Waals surface area contributed by atoms with E-state index in [1.165, 1.54) is 6.07 Å². The number of carbonyl (C=O) groups is 1. The highest BCUT2D eigenvalue weighted by Gasteiger charge is 2.27. The van der Waals surface area contributed by atoms with Crippen LogP contribution in [0.15, 0.2) is 23.1 Å². The number of rotatable bonds is 3. The van der Waals surface area contributed by atoms with Gasteiger partial charge in [0.2, 0.25) is 0 Å². The topological polar surface area (TPSA) is 69.7 Å². The quantitative estimate of drug-likeness (QED) is 0.878. The van der Waals surface area contributed by atoms with Crippen LogP contribution in [-0.4, -0.2) is 69.2 Å². The highest BCUT2D eigenvalue weighted by molar-refractivity contribution is 7.91. The first kappa shape index (κ1) is 18.1. The first-order valence-corrected chi connectivity index (χ1v) is 9.92. The van der Waals surface area contributed by atoms with E-state index < -0.39 is 16.3 Å². The van der Waals surface area contributed by atoms with E-state index in [4.69, 9.17) is 0 Å². The predicted octanol–water partition coefficient (Wildman–Crippen LogP) is 1.82. The van der Waals surface area contributed by atoms with Gasteiger partial charge in [0.15, 0.2) is 9.84 Å². The van der Waals surface area contributed by atoms with E-state index in [0.29, 0.717) is 44.7 Å². The number of nitrogens with zero attached hydrogens (tertiary/aromatic N) is 2. The SMILES string of the molecule is O=C(Nc1ccc2c(c1)S(=O)(=O)CC2)N1CCCN(CC(F)F)CC1. The van der Waals surface area contributed by atoms with E-state index in [1.807, 2.05) is 0 Å². The summed E-state index contributed by atoms with van der Waals surface area (Å²) in [4.78, 5) is 15.9. The standard InChI is InChI=1S/C16H21F2N3O3S/c17-15(18)11-20-5-1-6-21(8-7-20)16(22)19-13-3-2-12-4-9-25(23,24)14(12)10-13/h2-3,10,15H,1,4-9,11H2,(H,19,22). The fraction of sp³-hybridized carbons (Fsp3) is 0.562. The van der Waals surface area contributed by atoms with Gasteiger partial charge >= 0.3 is 6.03 Å². The number of halogens is 2. The van der Waals surface area contributed by atoms with Crippen LogP contribution < -0.4 is 5.32 Å². The van der Waals surface area contributed by atoms with Crippen molar-refractivity contribution in [2.75, 3.05) is 43.8 Å². The molecule has 0 saturated carbocycles. The van der Waals surface area contributed by atoms with Gasteiger partial charge in [-0.25, -0.2) is 22.0 Å². The molecule has 25 heavy (non-hydrogen) atoms. The molecule has 1 saturated heterocycles. The molecule has 0 spiro atoms. The normalized spacial score (nSPS) is 20.4. The molecule has 138 valence electrons. The third-order valence-electron chi connectivity index (χ3n) is 4.57. The fourth-order valence-electron chi connectivity index (χ4n) is 3.24. The number of aryl methyl sites for hydroxylation is 1. The Morgan fingerprint density at radius 3 is 2.76 bits per heavy atom. The number of urea groups is 1. The first-order chi connectivity index (χ1) is 11.8. The summed E-state index contributed by atoms with van der Waals surface area (Å²) in [6.45, 7) is 1.50. The molecule has 1 aromatic carbocycles. The van der Waals surface area contributed by atoms with Crippen molar-refractivity contribution in [2.45, 2.75) is 24.2 Å². The van der Waals surface area contributed by atoms with Crippen molar-refractivity contribution in [3.05, 3.63) is 23.8 Å². The van der Waals surface area contributed by atoms with Crippen LogP contribution in [0, 0.1) is 0 Å². The number of hydrogen-bond acceptors (Lipinski definition) is 4. The predicted molar refractivity (Wildman–Crippen MR) is 89.9 cm³/mol. The maximum atomic E-state index is 12.5. The third-order valence-corrected chi connectivity index (χ3v) is 6.36. The van der Waals surface area contributed by atoms with Crippen LogP contribution in [0.3, 0.4) is 0 Å². The Kier molecular flexibility index (Phi) is 5.24. The van der Waals surface area contributed by atoms with Gasteiger partial charge in [-0.3, -0.25) is 4.90 Å². The molecule has 0 radical (unpaired) electrons. The summed E-state index contributed by atoms with van der Waals surface area (Å²) in [6, 6.07) is 4.58. The van der Waals surface area contributed by atoms with Gasteiger partial charge in [0.25, 0.3) is 6.43 Å². The Hall–Kier alpha value is -1.74. The number of nitrogens with one attached hydrogen (secondary N) is 1. The van der Waals surface area contributed by atoms with Crippen LogP contribution in [0.25, 0.3) is 0 Å². The first-order valence-electron chi connectivity index (χ1n) is 8.27. The molecule has 2 heterocycles. The van der Waals surface area contributed by atoms with Crippen molar-refractivity contribution in [1.82, 2.24) is 9.80 Å². The highest BCUT2D eigenvalue weighted by atomic mass is 32.2. The lowest BCUT2D eigenvalue weighted by molar-refractivity contribution is 0.0905. The summed E-state index contributed by atoms with van der Waals surface area (Å²) >= 11 is 0. The van der Waals surface area contributed by atoms with Gasteiger partial charge in [0.1, 0.15) is 0 Å². The number of sulfone groups is 1. The number of alkyl halides is 2. The Morgan fingerprint density at radius 2 is 2.00 bits per heavy atom. The molecule has 6 nitrogen and oxygen atoms in total. The van der Waals surface area contributed by atoms with Crippen LogP contribution >= 0.6 is 0 Å². The summed E-state index contributed by atoms with van der Waals surface area (Å²) in [5.41, 5.74) is 1.21.